The third-order valence-electron chi connectivity index (χ3n) is 2.33. The largest absolute Gasteiger partial charge is 0.490 e. The van der Waals surface area contributed by atoms with Gasteiger partial charge >= 0.3 is 0 Å². The fourth-order valence-electron chi connectivity index (χ4n) is 1.52. The van der Waals surface area contributed by atoms with Crippen LogP contribution in [0.3, 0.4) is 0 Å². The first-order valence-corrected chi connectivity index (χ1v) is 5.69. The Bertz CT molecular complexity index is 451. The summed E-state index contributed by atoms with van der Waals surface area (Å²) in [5.41, 5.74) is 1.14. The maximum Gasteiger partial charge on any atom is 0.161 e. The maximum absolute atomic E-state index is 5.73. The maximum atomic E-state index is 5.73. The molecule has 0 aliphatic rings. The van der Waals surface area contributed by atoms with Gasteiger partial charge in [0.15, 0.2) is 11.5 Å². The lowest BCUT2D eigenvalue weighted by atomic mass is 10.2. The van der Waals surface area contributed by atoms with E-state index < -0.39 is 0 Å². The van der Waals surface area contributed by atoms with E-state index in [0.29, 0.717) is 13.2 Å². The topological polar surface area (TPSA) is 18.5 Å². The highest BCUT2D eigenvalue weighted by molar-refractivity contribution is 5.39. The van der Waals surface area contributed by atoms with Crippen molar-refractivity contribution in [2.75, 3.05) is 6.61 Å². The SMILES string of the molecule is CCOc1c[c]ccc1OCc1ccccc1. The minimum absolute atomic E-state index is 0.547. The van der Waals surface area contributed by atoms with Gasteiger partial charge in [-0.05, 0) is 30.7 Å². The molecule has 0 N–H and O–H groups in total. The Balaban J connectivity index is 2.03. The van der Waals surface area contributed by atoms with Crippen LogP contribution < -0.4 is 9.47 Å². The summed E-state index contributed by atoms with van der Waals surface area (Å²) in [5, 5.41) is 0. The first-order chi connectivity index (χ1) is 8.40. The zero-order chi connectivity index (χ0) is 11.9. The minimum atomic E-state index is 0.547. The summed E-state index contributed by atoms with van der Waals surface area (Å²) in [5.74, 6) is 1.50. The molecule has 0 saturated heterocycles. The third-order valence-corrected chi connectivity index (χ3v) is 2.33. The van der Waals surface area contributed by atoms with Crippen LogP contribution in [0.15, 0.2) is 48.5 Å². The number of rotatable bonds is 5. The Morgan fingerprint density at radius 3 is 2.59 bits per heavy atom. The quantitative estimate of drug-likeness (QED) is 0.778. The average molecular weight is 227 g/mol. The lowest BCUT2D eigenvalue weighted by Crippen LogP contribution is -1.99. The molecule has 87 valence electrons. The van der Waals surface area contributed by atoms with Gasteiger partial charge in [-0.15, -0.1) is 0 Å². The molecule has 0 aliphatic carbocycles. The Kier molecular flexibility index (Phi) is 4.03. The van der Waals surface area contributed by atoms with Crippen molar-refractivity contribution >= 4 is 0 Å². The summed E-state index contributed by atoms with van der Waals surface area (Å²) in [7, 11) is 0. The molecule has 0 spiro atoms. The smallest absolute Gasteiger partial charge is 0.161 e. The van der Waals surface area contributed by atoms with E-state index in [0.717, 1.165) is 17.1 Å². The van der Waals surface area contributed by atoms with Crippen LogP contribution in [0.25, 0.3) is 0 Å². The second-order valence-electron chi connectivity index (χ2n) is 3.58. The van der Waals surface area contributed by atoms with E-state index in [9.17, 15) is 0 Å². The van der Waals surface area contributed by atoms with E-state index in [1.165, 1.54) is 0 Å². The molecule has 0 unspecified atom stereocenters. The zero-order valence-electron chi connectivity index (χ0n) is 9.85. The van der Waals surface area contributed by atoms with Gasteiger partial charge in [0.1, 0.15) is 6.61 Å². The van der Waals surface area contributed by atoms with Crippen molar-refractivity contribution < 1.29 is 9.47 Å². The van der Waals surface area contributed by atoms with Crippen molar-refractivity contribution in [3.63, 3.8) is 0 Å². The lowest BCUT2D eigenvalue weighted by Gasteiger charge is -2.11. The van der Waals surface area contributed by atoms with Crippen LogP contribution >= 0.6 is 0 Å². The highest BCUT2D eigenvalue weighted by Crippen LogP contribution is 2.26. The molecule has 0 saturated carbocycles. The molecule has 17 heavy (non-hydrogen) atoms. The van der Waals surface area contributed by atoms with E-state index in [4.69, 9.17) is 9.47 Å². The summed E-state index contributed by atoms with van der Waals surface area (Å²) >= 11 is 0. The third kappa shape index (κ3) is 3.25. The van der Waals surface area contributed by atoms with Crippen LogP contribution in [0.5, 0.6) is 11.5 Å². The van der Waals surface area contributed by atoms with Crippen LogP contribution in [0.2, 0.25) is 0 Å². The average Bonchev–Trinajstić information content (AvgIpc) is 2.39. The first-order valence-electron chi connectivity index (χ1n) is 5.69. The zero-order valence-corrected chi connectivity index (χ0v) is 9.85. The number of benzene rings is 2. The van der Waals surface area contributed by atoms with Crippen LogP contribution in [0.1, 0.15) is 12.5 Å². The number of hydrogen-bond acceptors (Lipinski definition) is 2. The predicted molar refractivity (Wildman–Crippen MR) is 67.2 cm³/mol. The molecule has 0 heterocycles. The molecule has 1 radical (unpaired) electrons. The summed E-state index contributed by atoms with van der Waals surface area (Å²) in [6, 6.07) is 18.5. The fraction of sp³-hybridized carbons (Fsp3) is 0.200. The highest BCUT2D eigenvalue weighted by Gasteiger charge is 2.03. The van der Waals surface area contributed by atoms with Crippen molar-refractivity contribution in [2.24, 2.45) is 0 Å². The Morgan fingerprint density at radius 1 is 1.00 bits per heavy atom. The van der Waals surface area contributed by atoms with Crippen LogP contribution in [-0.4, -0.2) is 6.61 Å². The monoisotopic (exact) mass is 227 g/mol. The lowest BCUT2D eigenvalue weighted by molar-refractivity contribution is 0.269. The van der Waals surface area contributed by atoms with Gasteiger partial charge in [0, 0.05) is 0 Å². The van der Waals surface area contributed by atoms with Gasteiger partial charge in [-0.3, -0.25) is 0 Å². The van der Waals surface area contributed by atoms with Gasteiger partial charge in [0.2, 0.25) is 0 Å². The second kappa shape index (κ2) is 5.94. The summed E-state index contributed by atoms with van der Waals surface area (Å²) in [4.78, 5) is 0. The van der Waals surface area contributed by atoms with Crippen molar-refractivity contribution in [3.05, 3.63) is 60.2 Å². The fourth-order valence-corrected chi connectivity index (χ4v) is 1.52. The predicted octanol–water partition coefficient (Wildman–Crippen LogP) is 3.46. The summed E-state index contributed by atoms with van der Waals surface area (Å²) in [6.07, 6.45) is 0. The Labute approximate surface area is 102 Å². The molecule has 0 aromatic heterocycles. The normalized spacial score (nSPS) is 9.94. The Hall–Kier alpha value is -1.96. The second-order valence-corrected chi connectivity index (χ2v) is 3.58. The van der Waals surface area contributed by atoms with Crippen LogP contribution in [-0.2, 0) is 6.61 Å². The first kappa shape index (κ1) is 11.5. The molecular formula is C15H15O2. The van der Waals surface area contributed by atoms with Crippen LogP contribution in [0.4, 0.5) is 0 Å². The van der Waals surface area contributed by atoms with E-state index in [2.05, 4.69) is 6.07 Å². The standard InChI is InChI=1S/C15H15O2/c1-2-16-14-10-6-7-11-15(14)17-12-13-8-4-3-5-9-13/h3-5,7-11H,2,12H2,1H3. The van der Waals surface area contributed by atoms with Gasteiger partial charge < -0.3 is 9.47 Å². The minimum Gasteiger partial charge on any atom is -0.490 e. The molecule has 2 aromatic carbocycles. The van der Waals surface area contributed by atoms with Crippen molar-refractivity contribution in [3.8, 4) is 11.5 Å². The van der Waals surface area contributed by atoms with Gasteiger partial charge in [-0.2, -0.15) is 0 Å². The van der Waals surface area contributed by atoms with Crippen molar-refractivity contribution in [2.45, 2.75) is 13.5 Å². The molecule has 0 aliphatic heterocycles. The van der Waals surface area contributed by atoms with Crippen molar-refractivity contribution in [1.82, 2.24) is 0 Å². The molecule has 2 heteroatoms. The van der Waals surface area contributed by atoms with Gasteiger partial charge in [0.25, 0.3) is 0 Å². The molecule has 0 bridgehead atoms. The summed E-state index contributed by atoms with van der Waals surface area (Å²) < 4.78 is 11.2. The molecule has 0 amide bonds. The Morgan fingerprint density at radius 2 is 1.82 bits per heavy atom. The highest BCUT2D eigenvalue weighted by atomic mass is 16.5. The molecular weight excluding hydrogens is 212 g/mol. The van der Waals surface area contributed by atoms with Gasteiger partial charge in [-0.1, -0.05) is 36.4 Å². The van der Waals surface area contributed by atoms with Gasteiger partial charge in [0.05, 0.1) is 6.61 Å². The number of hydrogen-bond donors (Lipinski definition) is 0. The van der Waals surface area contributed by atoms with Crippen LogP contribution in [0, 0.1) is 6.07 Å². The van der Waals surface area contributed by atoms with Crippen molar-refractivity contribution in [1.29, 1.82) is 0 Å². The molecule has 0 atom stereocenters. The molecule has 2 rings (SSSR count). The molecule has 0 fully saturated rings. The summed E-state index contributed by atoms with van der Waals surface area (Å²) in [6.45, 7) is 3.12. The van der Waals surface area contributed by atoms with E-state index in [-0.39, 0.29) is 0 Å². The van der Waals surface area contributed by atoms with Gasteiger partial charge in [-0.25, -0.2) is 0 Å². The van der Waals surface area contributed by atoms with E-state index in [1.54, 1.807) is 6.07 Å². The number of ether oxygens (including phenoxy) is 2. The molecule has 2 nitrogen and oxygen atoms in total. The van der Waals surface area contributed by atoms with E-state index >= 15 is 0 Å². The van der Waals surface area contributed by atoms with E-state index in [1.807, 2.05) is 49.4 Å². The molecule has 2 aromatic rings.